The van der Waals surface area contributed by atoms with Crippen LogP contribution in [0, 0.1) is 11.6 Å². The van der Waals surface area contributed by atoms with E-state index in [1.807, 2.05) is 0 Å². The van der Waals surface area contributed by atoms with Crippen molar-refractivity contribution in [3.63, 3.8) is 0 Å². The third kappa shape index (κ3) is 4.43. The summed E-state index contributed by atoms with van der Waals surface area (Å²) in [5, 5.41) is 4.82. The smallest absolute Gasteiger partial charge is 0.344 e. The van der Waals surface area contributed by atoms with Crippen LogP contribution in [0.25, 0.3) is 0 Å². The average Bonchev–Trinajstić information content (AvgIpc) is 2.32. The van der Waals surface area contributed by atoms with Gasteiger partial charge in [-0.1, -0.05) is 0 Å². The monoisotopic (exact) mass is 387 g/mol. The average molecular weight is 388 g/mol. The van der Waals surface area contributed by atoms with Crippen molar-refractivity contribution >= 4 is 31.9 Å². The van der Waals surface area contributed by atoms with Crippen molar-refractivity contribution in [2.75, 3.05) is 19.8 Å². The molecule has 0 bridgehead atoms. The second kappa shape index (κ2) is 7.25. The fourth-order valence-electron chi connectivity index (χ4n) is 1.43. The lowest BCUT2D eigenvalue weighted by molar-refractivity contribution is 0.0325. The van der Waals surface area contributed by atoms with Gasteiger partial charge in [0.05, 0.1) is 6.61 Å². The number of nitrogens with two attached hydrogens (primary N) is 1. The highest BCUT2D eigenvalue weighted by Gasteiger charge is 2.29. The Labute approximate surface area is 128 Å². The molecule has 0 fully saturated rings. The van der Waals surface area contributed by atoms with E-state index in [9.17, 15) is 22.0 Å². The maximum atomic E-state index is 14.1. The first-order valence-electron chi connectivity index (χ1n) is 5.65. The van der Waals surface area contributed by atoms with Gasteiger partial charge in [0.15, 0.2) is 5.82 Å². The van der Waals surface area contributed by atoms with Gasteiger partial charge in [-0.15, -0.1) is 0 Å². The summed E-state index contributed by atoms with van der Waals surface area (Å²) in [5.74, 6) is -4.22. The minimum atomic E-state index is -4.49. The van der Waals surface area contributed by atoms with Crippen LogP contribution in [0.1, 0.15) is 17.3 Å². The quantitative estimate of drug-likeness (QED) is 0.590. The standard InChI is InChI=1S/C11H12BrF2NO5S/c1-2-19-3-4-20-11(16)8-7(13)5-6(12)10(9(8)14)21(15,17)18/h5H,2-4H2,1H3,(H2,15,17,18). The van der Waals surface area contributed by atoms with Crippen LogP contribution >= 0.6 is 15.9 Å². The Bertz CT molecular complexity index is 651. The number of carbonyl (C=O) groups excluding carboxylic acids is 1. The number of carbonyl (C=O) groups is 1. The van der Waals surface area contributed by atoms with Crippen LogP contribution in [-0.4, -0.2) is 34.2 Å². The van der Waals surface area contributed by atoms with E-state index in [1.165, 1.54) is 0 Å². The number of halogens is 3. The van der Waals surface area contributed by atoms with Crippen molar-refractivity contribution in [3.05, 3.63) is 27.7 Å². The van der Waals surface area contributed by atoms with Crippen molar-refractivity contribution in [1.82, 2.24) is 0 Å². The number of sulfonamides is 1. The number of hydrogen-bond donors (Lipinski definition) is 1. The molecular formula is C11H12BrF2NO5S. The highest BCUT2D eigenvalue weighted by atomic mass is 79.9. The van der Waals surface area contributed by atoms with E-state index in [4.69, 9.17) is 9.88 Å². The van der Waals surface area contributed by atoms with Gasteiger partial charge < -0.3 is 9.47 Å². The first-order chi connectivity index (χ1) is 9.70. The molecular weight excluding hydrogens is 376 g/mol. The lowest BCUT2D eigenvalue weighted by Gasteiger charge is -2.10. The molecule has 1 rings (SSSR count). The molecule has 0 amide bonds. The van der Waals surface area contributed by atoms with Gasteiger partial charge in [-0.2, -0.15) is 0 Å². The van der Waals surface area contributed by atoms with Crippen LogP contribution in [0.15, 0.2) is 15.4 Å². The molecule has 10 heteroatoms. The minimum absolute atomic E-state index is 0.0457. The maximum Gasteiger partial charge on any atom is 0.344 e. The normalized spacial score (nSPS) is 11.5. The number of primary sulfonamides is 1. The van der Waals surface area contributed by atoms with Crippen molar-refractivity contribution in [2.24, 2.45) is 5.14 Å². The van der Waals surface area contributed by atoms with Crippen molar-refractivity contribution in [2.45, 2.75) is 11.8 Å². The van der Waals surface area contributed by atoms with Crippen LogP contribution in [0.3, 0.4) is 0 Å². The molecule has 0 saturated carbocycles. The van der Waals surface area contributed by atoms with E-state index in [1.54, 1.807) is 6.92 Å². The first kappa shape index (κ1) is 18.0. The summed E-state index contributed by atoms with van der Waals surface area (Å²) < 4.78 is 59.3. The minimum Gasteiger partial charge on any atom is -0.459 e. The molecule has 0 saturated heterocycles. The second-order valence-corrected chi connectivity index (χ2v) is 6.09. The molecule has 0 unspecified atom stereocenters. The Morgan fingerprint density at radius 2 is 2.00 bits per heavy atom. The fourth-order valence-corrected chi connectivity index (χ4v) is 3.16. The topological polar surface area (TPSA) is 95.7 Å². The zero-order valence-corrected chi connectivity index (χ0v) is 13.3. The lowest BCUT2D eigenvalue weighted by Crippen LogP contribution is -2.20. The summed E-state index contributed by atoms with van der Waals surface area (Å²) in [7, 11) is -4.49. The van der Waals surface area contributed by atoms with Gasteiger partial charge in [-0.3, -0.25) is 0 Å². The predicted octanol–water partition coefficient (Wildman–Crippen LogP) is 1.57. The highest BCUT2D eigenvalue weighted by molar-refractivity contribution is 9.10. The van der Waals surface area contributed by atoms with E-state index in [0.717, 1.165) is 0 Å². The van der Waals surface area contributed by atoms with Crippen LogP contribution in [0.4, 0.5) is 8.78 Å². The van der Waals surface area contributed by atoms with Gasteiger partial charge in [0.25, 0.3) is 0 Å². The fraction of sp³-hybridized carbons (Fsp3) is 0.364. The molecule has 0 aliphatic rings. The molecule has 1 aromatic carbocycles. The predicted molar refractivity (Wildman–Crippen MR) is 72.2 cm³/mol. The van der Waals surface area contributed by atoms with Gasteiger partial charge >= 0.3 is 5.97 Å². The molecule has 118 valence electrons. The molecule has 6 nitrogen and oxygen atoms in total. The SMILES string of the molecule is CCOCCOC(=O)c1c(F)cc(Br)c(S(N)(=O)=O)c1F. The Hall–Kier alpha value is -1.10. The van der Waals surface area contributed by atoms with Crippen LogP contribution in [0.2, 0.25) is 0 Å². The van der Waals surface area contributed by atoms with Gasteiger partial charge in [0.2, 0.25) is 10.0 Å². The van der Waals surface area contributed by atoms with Crippen molar-refractivity contribution < 1.29 is 31.5 Å². The second-order valence-electron chi connectivity index (χ2n) is 3.74. The summed E-state index contributed by atoms with van der Waals surface area (Å²) in [4.78, 5) is 10.6. The molecule has 0 spiro atoms. The molecule has 0 aromatic heterocycles. The third-order valence-corrected chi connectivity index (χ3v) is 4.14. The summed E-state index contributed by atoms with van der Waals surface area (Å²) in [6.07, 6.45) is 0. The maximum absolute atomic E-state index is 14.1. The number of hydrogen-bond acceptors (Lipinski definition) is 5. The van der Waals surface area contributed by atoms with Crippen LogP contribution in [0.5, 0.6) is 0 Å². The summed E-state index contributed by atoms with van der Waals surface area (Å²) in [5.41, 5.74) is -1.13. The van der Waals surface area contributed by atoms with Crippen molar-refractivity contribution in [3.8, 4) is 0 Å². The zero-order valence-electron chi connectivity index (χ0n) is 10.9. The van der Waals surface area contributed by atoms with Gasteiger partial charge in [0.1, 0.15) is 22.9 Å². The summed E-state index contributed by atoms with van der Waals surface area (Å²) in [6, 6.07) is 0.627. The van der Waals surface area contributed by atoms with Gasteiger partial charge in [-0.05, 0) is 28.9 Å². The number of esters is 1. The van der Waals surface area contributed by atoms with Gasteiger partial charge in [-0.25, -0.2) is 27.1 Å². The van der Waals surface area contributed by atoms with E-state index in [0.29, 0.717) is 12.7 Å². The number of ether oxygens (including phenoxy) is 2. The number of rotatable bonds is 6. The van der Waals surface area contributed by atoms with Crippen LogP contribution < -0.4 is 5.14 Å². The largest absolute Gasteiger partial charge is 0.459 e. The Balaban J connectivity index is 3.16. The Kier molecular flexibility index (Phi) is 6.20. The third-order valence-electron chi connectivity index (χ3n) is 2.28. The summed E-state index contributed by atoms with van der Waals surface area (Å²) >= 11 is 2.68. The Morgan fingerprint density at radius 1 is 1.38 bits per heavy atom. The first-order valence-corrected chi connectivity index (χ1v) is 7.99. The molecule has 0 radical (unpaired) electrons. The van der Waals surface area contributed by atoms with E-state index in [-0.39, 0.29) is 13.2 Å². The molecule has 1 aromatic rings. The highest BCUT2D eigenvalue weighted by Crippen LogP contribution is 2.29. The van der Waals surface area contributed by atoms with Crippen LogP contribution in [-0.2, 0) is 19.5 Å². The molecule has 0 atom stereocenters. The molecule has 2 N–H and O–H groups in total. The zero-order chi connectivity index (χ0) is 16.2. The van der Waals surface area contributed by atoms with Crippen molar-refractivity contribution in [1.29, 1.82) is 0 Å². The molecule has 0 aliphatic heterocycles. The lowest BCUT2D eigenvalue weighted by atomic mass is 10.2. The molecule has 0 heterocycles. The van der Waals surface area contributed by atoms with E-state index in [2.05, 4.69) is 20.7 Å². The Morgan fingerprint density at radius 3 is 2.52 bits per heavy atom. The van der Waals surface area contributed by atoms with E-state index >= 15 is 0 Å². The molecule has 21 heavy (non-hydrogen) atoms. The van der Waals surface area contributed by atoms with Gasteiger partial charge in [0, 0.05) is 11.1 Å². The molecule has 0 aliphatic carbocycles. The van der Waals surface area contributed by atoms with E-state index < -0.39 is 42.6 Å². The summed E-state index contributed by atoms with van der Waals surface area (Å²) in [6.45, 7) is 1.92. The number of benzene rings is 1.